The second kappa shape index (κ2) is 5.82. The molecule has 0 aliphatic carbocycles. The van der Waals surface area contributed by atoms with Crippen molar-refractivity contribution in [3.8, 4) is 0 Å². The number of hydrogen-bond acceptors (Lipinski definition) is 2. The van der Waals surface area contributed by atoms with Crippen LogP contribution in [0.4, 0.5) is 11.4 Å². The Balaban J connectivity index is 1.74. The minimum Gasteiger partial charge on any atom is -0.332 e. The number of rotatable bonds is 2. The molecule has 0 radical (unpaired) electrons. The molecule has 0 spiro atoms. The maximum atomic E-state index is 11.2. The topological polar surface area (TPSA) is 72.7 Å². The highest BCUT2D eigenvalue weighted by Gasteiger charge is 2.03. The lowest BCUT2D eigenvalue weighted by Crippen LogP contribution is -2.19. The molecule has 5 nitrogen and oxygen atoms in total. The SMILES string of the molecule is Cc1ccc(NC(=S)Nc2ccc3[nH]c(=O)[nH]c3c2)cc1Cl. The van der Waals surface area contributed by atoms with Gasteiger partial charge in [-0.1, -0.05) is 17.7 Å². The standard InChI is InChI=1S/C15H13ClN4OS/c1-8-2-3-9(6-11(8)16)17-15(22)18-10-4-5-12-13(7-10)20-14(21)19-12/h2-7H,1H3,(H2,17,18,22)(H2,19,20,21). The number of anilines is 2. The summed E-state index contributed by atoms with van der Waals surface area (Å²) in [6.45, 7) is 1.94. The van der Waals surface area contributed by atoms with Crippen molar-refractivity contribution in [3.63, 3.8) is 0 Å². The lowest BCUT2D eigenvalue weighted by Gasteiger charge is -2.11. The molecule has 0 saturated heterocycles. The minimum absolute atomic E-state index is 0.234. The van der Waals surface area contributed by atoms with E-state index in [0.29, 0.717) is 10.1 Å². The number of thiocarbonyl (C=S) groups is 1. The van der Waals surface area contributed by atoms with Gasteiger partial charge in [0.05, 0.1) is 11.0 Å². The van der Waals surface area contributed by atoms with Crippen molar-refractivity contribution in [2.24, 2.45) is 0 Å². The molecule has 1 aromatic heterocycles. The Hall–Kier alpha value is -2.31. The monoisotopic (exact) mass is 332 g/mol. The van der Waals surface area contributed by atoms with E-state index in [9.17, 15) is 4.79 Å². The van der Waals surface area contributed by atoms with Crippen LogP contribution in [0.2, 0.25) is 5.02 Å². The van der Waals surface area contributed by atoms with Crippen LogP contribution >= 0.6 is 23.8 Å². The summed E-state index contributed by atoms with van der Waals surface area (Å²) < 4.78 is 0. The predicted molar refractivity (Wildman–Crippen MR) is 95.0 cm³/mol. The summed E-state index contributed by atoms with van der Waals surface area (Å²) >= 11 is 11.4. The highest BCUT2D eigenvalue weighted by Crippen LogP contribution is 2.20. The summed E-state index contributed by atoms with van der Waals surface area (Å²) in [5.74, 6) is 0. The fourth-order valence-electron chi connectivity index (χ4n) is 2.07. The van der Waals surface area contributed by atoms with Gasteiger partial charge in [-0.25, -0.2) is 4.79 Å². The molecular formula is C15H13ClN4OS. The third-order valence-electron chi connectivity index (χ3n) is 3.20. The molecular weight excluding hydrogens is 320 g/mol. The molecule has 112 valence electrons. The van der Waals surface area contributed by atoms with E-state index in [4.69, 9.17) is 23.8 Å². The van der Waals surface area contributed by atoms with E-state index in [2.05, 4.69) is 20.6 Å². The molecule has 4 N–H and O–H groups in total. The molecule has 7 heteroatoms. The molecule has 0 fully saturated rings. The first-order valence-corrected chi connectivity index (χ1v) is 7.36. The summed E-state index contributed by atoms with van der Waals surface area (Å²) in [5, 5.41) is 7.26. The normalized spacial score (nSPS) is 10.6. The summed E-state index contributed by atoms with van der Waals surface area (Å²) in [6, 6.07) is 11.1. The molecule has 0 amide bonds. The number of nitrogens with one attached hydrogen (secondary N) is 4. The molecule has 22 heavy (non-hydrogen) atoms. The average molecular weight is 333 g/mol. The fraction of sp³-hybridized carbons (Fsp3) is 0.0667. The van der Waals surface area contributed by atoms with E-state index in [1.165, 1.54) is 0 Å². The Bertz CT molecular complexity index is 915. The molecule has 0 atom stereocenters. The highest BCUT2D eigenvalue weighted by molar-refractivity contribution is 7.80. The lowest BCUT2D eigenvalue weighted by molar-refractivity contribution is 1.22. The van der Waals surface area contributed by atoms with Gasteiger partial charge >= 0.3 is 5.69 Å². The van der Waals surface area contributed by atoms with Crippen molar-refractivity contribution >= 4 is 51.3 Å². The minimum atomic E-state index is -0.234. The van der Waals surface area contributed by atoms with Gasteiger partial charge in [-0.15, -0.1) is 0 Å². The maximum absolute atomic E-state index is 11.2. The van der Waals surface area contributed by atoms with Gasteiger partial charge < -0.3 is 20.6 Å². The molecule has 0 aliphatic heterocycles. The van der Waals surface area contributed by atoms with Crippen molar-refractivity contribution in [2.75, 3.05) is 10.6 Å². The first-order valence-electron chi connectivity index (χ1n) is 6.57. The van der Waals surface area contributed by atoms with Gasteiger partial charge in [0, 0.05) is 16.4 Å². The van der Waals surface area contributed by atoms with Crippen molar-refractivity contribution < 1.29 is 0 Å². The van der Waals surface area contributed by atoms with Crippen LogP contribution in [0.5, 0.6) is 0 Å². The smallest absolute Gasteiger partial charge is 0.323 e. The third kappa shape index (κ3) is 3.13. The lowest BCUT2D eigenvalue weighted by atomic mass is 10.2. The Morgan fingerprint density at radius 2 is 1.68 bits per heavy atom. The van der Waals surface area contributed by atoms with Crippen LogP contribution < -0.4 is 16.3 Å². The van der Waals surface area contributed by atoms with Crippen LogP contribution in [-0.4, -0.2) is 15.1 Å². The molecule has 3 rings (SSSR count). The van der Waals surface area contributed by atoms with Gasteiger partial charge in [0.15, 0.2) is 5.11 Å². The highest BCUT2D eigenvalue weighted by atomic mass is 35.5. The number of fused-ring (bicyclic) bond motifs is 1. The van der Waals surface area contributed by atoms with Gasteiger partial charge in [-0.2, -0.15) is 0 Å². The second-order valence-electron chi connectivity index (χ2n) is 4.88. The van der Waals surface area contributed by atoms with E-state index in [1.54, 1.807) is 6.07 Å². The fourth-order valence-corrected chi connectivity index (χ4v) is 2.49. The Labute approximate surface area is 136 Å². The van der Waals surface area contributed by atoms with E-state index in [-0.39, 0.29) is 5.69 Å². The quantitative estimate of drug-likeness (QED) is 0.541. The molecule has 0 aliphatic rings. The largest absolute Gasteiger partial charge is 0.332 e. The van der Waals surface area contributed by atoms with Gasteiger partial charge in [0.25, 0.3) is 0 Å². The van der Waals surface area contributed by atoms with Crippen LogP contribution in [0.3, 0.4) is 0 Å². The van der Waals surface area contributed by atoms with Crippen molar-refractivity contribution in [1.29, 1.82) is 0 Å². The van der Waals surface area contributed by atoms with E-state index >= 15 is 0 Å². The summed E-state index contributed by atoms with van der Waals surface area (Å²) in [6.07, 6.45) is 0. The molecule has 2 aromatic carbocycles. The van der Waals surface area contributed by atoms with Crippen LogP contribution in [-0.2, 0) is 0 Å². The number of aryl methyl sites for hydroxylation is 1. The molecule has 3 aromatic rings. The van der Waals surface area contributed by atoms with Crippen LogP contribution in [0.25, 0.3) is 11.0 Å². The zero-order chi connectivity index (χ0) is 15.7. The molecule has 0 saturated carbocycles. The Morgan fingerprint density at radius 1 is 1.05 bits per heavy atom. The van der Waals surface area contributed by atoms with Crippen molar-refractivity contribution in [1.82, 2.24) is 9.97 Å². The number of benzene rings is 2. The second-order valence-corrected chi connectivity index (χ2v) is 5.70. The van der Waals surface area contributed by atoms with E-state index in [0.717, 1.165) is 28.0 Å². The molecule has 0 bridgehead atoms. The number of H-pyrrole nitrogens is 2. The van der Waals surface area contributed by atoms with Crippen molar-refractivity contribution in [3.05, 3.63) is 57.5 Å². The Kier molecular flexibility index (Phi) is 3.87. The number of hydrogen-bond donors (Lipinski definition) is 4. The van der Waals surface area contributed by atoms with Gasteiger partial charge in [0.1, 0.15) is 0 Å². The maximum Gasteiger partial charge on any atom is 0.323 e. The predicted octanol–water partition coefficient (Wildman–Crippen LogP) is 3.63. The Morgan fingerprint density at radius 3 is 2.41 bits per heavy atom. The average Bonchev–Trinajstić information content (AvgIpc) is 2.82. The molecule has 0 unspecified atom stereocenters. The van der Waals surface area contributed by atoms with E-state index in [1.807, 2.05) is 37.3 Å². The zero-order valence-electron chi connectivity index (χ0n) is 11.7. The zero-order valence-corrected chi connectivity index (χ0v) is 13.2. The summed E-state index contributed by atoms with van der Waals surface area (Å²) in [4.78, 5) is 16.6. The number of halogens is 1. The first kappa shape index (κ1) is 14.6. The van der Waals surface area contributed by atoms with Crippen molar-refractivity contribution in [2.45, 2.75) is 6.92 Å². The van der Waals surface area contributed by atoms with Crippen LogP contribution in [0, 0.1) is 6.92 Å². The van der Waals surface area contributed by atoms with Gasteiger partial charge in [-0.3, -0.25) is 0 Å². The van der Waals surface area contributed by atoms with Gasteiger partial charge in [0.2, 0.25) is 0 Å². The summed E-state index contributed by atoms with van der Waals surface area (Å²) in [5.41, 5.74) is 3.83. The van der Waals surface area contributed by atoms with Crippen LogP contribution in [0.1, 0.15) is 5.56 Å². The molecule has 1 heterocycles. The number of aromatic amines is 2. The first-order chi connectivity index (χ1) is 10.5. The van der Waals surface area contributed by atoms with E-state index < -0.39 is 0 Å². The van der Waals surface area contributed by atoms with Gasteiger partial charge in [-0.05, 0) is 55.0 Å². The number of imidazole rings is 1. The third-order valence-corrected chi connectivity index (χ3v) is 3.81. The number of aromatic nitrogens is 2. The summed E-state index contributed by atoms with van der Waals surface area (Å²) in [7, 11) is 0. The van der Waals surface area contributed by atoms with Crippen LogP contribution in [0.15, 0.2) is 41.2 Å².